The van der Waals surface area contributed by atoms with Crippen LogP contribution in [0.25, 0.3) is 10.9 Å². The van der Waals surface area contributed by atoms with Gasteiger partial charge in [0, 0.05) is 24.7 Å². The van der Waals surface area contributed by atoms with Crippen molar-refractivity contribution in [2.75, 3.05) is 36.5 Å². The topological polar surface area (TPSA) is 54.5 Å². The van der Waals surface area contributed by atoms with Crippen LogP contribution in [0, 0.1) is 0 Å². The van der Waals surface area contributed by atoms with Crippen molar-refractivity contribution in [1.29, 1.82) is 0 Å². The van der Waals surface area contributed by atoms with Crippen LogP contribution in [0.2, 0.25) is 5.02 Å². The second-order valence-corrected chi connectivity index (χ2v) is 6.86. The van der Waals surface area contributed by atoms with Crippen molar-refractivity contribution in [3.05, 3.63) is 65.3 Å². The van der Waals surface area contributed by atoms with Gasteiger partial charge < -0.3 is 15.0 Å². The Bertz CT molecular complexity index is 965. The number of hydrogen-bond donors (Lipinski definition) is 1. The van der Waals surface area contributed by atoms with Gasteiger partial charge in [-0.05, 0) is 23.8 Å². The molecule has 1 saturated heterocycles. The van der Waals surface area contributed by atoms with Crippen LogP contribution in [0.3, 0.4) is 0 Å². The maximum atomic E-state index is 12.7. The summed E-state index contributed by atoms with van der Waals surface area (Å²) < 4.78 is 5.42. The molecule has 0 aliphatic carbocycles. The van der Waals surface area contributed by atoms with Crippen molar-refractivity contribution in [1.82, 2.24) is 4.98 Å². The van der Waals surface area contributed by atoms with E-state index in [1.165, 1.54) is 0 Å². The summed E-state index contributed by atoms with van der Waals surface area (Å²) in [6.45, 7) is 2.81. The van der Waals surface area contributed by atoms with Gasteiger partial charge in [0.2, 0.25) is 5.91 Å². The standard InChI is InChI=1S/C21H20ClN3O2/c22-17-7-2-8-18(21(17)25-10-12-27-13-11-25)24-19(26)14-16-5-1-4-15-6-3-9-23-20(15)16/h1-9H,10-14H2,(H,24,26). The summed E-state index contributed by atoms with van der Waals surface area (Å²) in [5.74, 6) is -0.0927. The number of carbonyl (C=O) groups excluding carboxylic acids is 1. The van der Waals surface area contributed by atoms with Crippen molar-refractivity contribution in [2.45, 2.75) is 6.42 Å². The van der Waals surface area contributed by atoms with Gasteiger partial charge in [0.05, 0.1) is 41.5 Å². The Hall–Kier alpha value is -2.63. The number of amides is 1. The molecule has 27 heavy (non-hydrogen) atoms. The summed E-state index contributed by atoms with van der Waals surface area (Å²) in [6.07, 6.45) is 2.00. The number of pyridine rings is 1. The average molecular weight is 382 g/mol. The monoisotopic (exact) mass is 381 g/mol. The zero-order valence-corrected chi connectivity index (χ0v) is 15.6. The Labute approximate surface area is 162 Å². The van der Waals surface area contributed by atoms with Crippen molar-refractivity contribution >= 4 is 39.8 Å². The van der Waals surface area contributed by atoms with E-state index in [4.69, 9.17) is 16.3 Å². The van der Waals surface area contributed by atoms with Crippen molar-refractivity contribution < 1.29 is 9.53 Å². The third kappa shape index (κ3) is 3.89. The maximum Gasteiger partial charge on any atom is 0.228 e. The first-order valence-electron chi connectivity index (χ1n) is 8.96. The van der Waals surface area contributed by atoms with Gasteiger partial charge in [0.15, 0.2) is 0 Å². The van der Waals surface area contributed by atoms with Crippen LogP contribution in [0.4, 0.5) is 11.4 Å². The maximum absolute atomic E-state index is 12.7. The fraction of sp³-hybridized carbons (Fsp3) is 0.238. The molecule has 0 radical (unpaired) electrons. The summed E-state index contributed by atoms with van der Waals surface area (Å²) in [4.78, 5) is 19.3. The molecule has 0 atom stereocenters. The highest BCUT2D eigenvalue weighted by molar-refractivity contribution is 6.34. The quantitative estimate of drug-likeness (QED) is 0.744. The molecular weight excluding hydrogens is 362 g/mol. The van der Waals surface area contributed by atoms with E-state index >= 15 is 0 Å². The fourth-order valence-electron chi connectivity index (χ4n) is 3.40. The molecule has 5 nitrogen and oxygen atoms in total. The normalized spacial score (nSPS) is 14.3. The van der Waals surface area contributed by atoms with E-state index in [9.17, 15) is 4.79 Å². The summed E-state index contributed by atoms with van der Waals surface area (Å²) in [5.41, 5.74) is 3.34. The predicted octanol–water partition coefficient (Wildman–Crippen LogP) is 3.91. The third-order valence-corrected chi connectivity index (χ3v) is 4.96. The molecule has 1 aromatic heterocycles. The molecule has 4 rings (SSSR count). The number of nitrogens with zero attached hydrogens (tertiary/aromatic N) is 2. The number of benzene rings is 2. The number of para-hydroxylation sites is 2. The smallest absolute Gasteiger partial charge is 0.228 e. The lowest BCUT2D eigenvalue weighted by Gasteiger charge is -2.31. The molecule has 1 aliphatic heterocycles. The van der Waals surface area contributed by atoms with Crippen LogP contribution >= 0.6 is 11.6 Å². The van der Waals surface area contributed by atoms with Crippen molar-refractivity contribution in [3.63, 3.8) is 0 Å². The van der Waals surface area contributed by atoms with E-state index in [0.717, 1.165) is 40.9 Å². The van der Waals surface area contributed by atoms with Gasteiger partial charge in [-0.2, -0.15) is 0 Å². The summed E-state index contributed by atoms with van der Waals surface area (Å²) in [5, 5.41) is 4.68. The highest BCUT2D eigenvalue weighted by atomic mass is 35.5. The lowest BCUT2D eigenvalue weighted by molar-refractivity contribution is -0.115. The van der Waals surface area contributed by atoms with E-state index in [-0.39, 0.29) is 12.3 Å². The zero-order chi connectivity index (χ0) is 18.6. The molecule has 1 aliphatic rings. The number of rotatable bonds is 4. The molecule has 1 N–H and O–H groups in total. The highest BCUT2D eigenvalue weighted by Gasteiger charge is 2.19. The first kappa shape index (κ1) is 17.8. The summed E-state index contributed by atoms with van der Waals surface area (Å²) in [7, 11) is 0. The Morgan fingerprint density at radius 1 is 1.11 bits per heavy atom. The number of nitrogens with one attached hydrogen (secondary N) is 1. The van der Waals surface area contributed by atoms with Crippen LogP contribution in [-0.4, -0.2) is 37.2 Å². The second kappa shape index (κ2) is 7.94. The minimum Gasteiger partial charge on any atom is -0.378 e. The number of morpholine rings is 1. The Balaban J connectivity index is 1.57. The van der Waals surface area contributed by atoms with Crippen molar-refractivity contribution in [3.8, 4) is 0 Å². The van der Waals surface area contributed by atoms with Gasteiger partial charge in [-0.1, -0.05) is 41.9 Å². The molecule has 1 fully saturated rings. The number of carbonyl (C=O) groups is 1. The SMILES string of the molecule is O=C(Cc1cccc2cccnc12)Nc1cccc(Cl)c1N1CCOCC1. The Kier molecular flexibility index (Phi) is 5.23. The molecular formula is C21H20ClN3O2. The van der Waals surface area contributed by atoms with Crippen molar-refractivity contribution in [2.24, 2.45) is 0 Å². The van der Waals surface area contributed by atoms with Crippen LogP contribution < -0.4 is 10.2 Å². The molecule has 3 aromatic rings. The van der Waals surface area contributed by atoms with Crippen LogP contribution in [0.15, 0.2) is 54.7 Å². The number of hydrogen-bond acceptors (Lipinski definition) is 4. The van der Waals surface area contributed by atoms with Crippen LogP contribution in [0.5, 0.6) is 0 Å². The lowest BCUT2D eigenvalue weighted by atomic mass is 10.1. The Morgan fingerprint density at radius 2 is 1.89 bits per heavy atom. The van der Waals surface area contributed by atoms with Gasteiger partial charge in [-0.3, -0.25) is 9.78 Å². The highest BCUT2D eigenvalue weighted by Crippen LogP contribution is 2.34. The van der Waals surface area contributed by atoms with E-state index in [0.29, 0.717) is 18.2 Å². The number of anilines is 2. The number of aromatic nitrogens is 1. The number of ether oxygens (including phenoxy) is 1. The molecule has 2 heterocycles. The molecule has 1 amide bonds. The van der Waals surface area contributed by atoms with E-state index in [1.54, 1.807) is 6.20 Å². The minimum absolute atomic E-state index is 0.0927. The number of halogens is 1. The largest absolute Gasteiger partial charge is 0.378 e. The van der Waals surface area contributed by atoms with Gasteiger partial charge in [0.25, 0.3) is 0 Å². The van der Waals surface area contributed by atoms with E-state index in [2.05, 4.69) is 15.2 Å². The molecule has 2 aromatic carbocycles. The average Bonchev–Trinajstić information content (AvgIpc) is 2.69. The van der Waals surface area contributed by atoms with Gasteiger partial charge in [-0.15, -0.1) is 0 Å². The zero-order valence-electron chi connectivity index (χ0n) is 14.8. The molecule has 138 valence electrons. The molecule has 0 saturated carbocycles. The van der Waals surface area contributed by atoms with Gasteiger partial charge >= 0.3 is 0 Å². The van der Waals surface area contributed by atoms with Crippen LogP contribution in [-0.2, 0) is 16.0 Å². The summed E-state index contributed by atoms with van der Waals surface area (Å²) >= 11 is 6.44. The van der Waals surface area contributed by atoms with E-state index < -0.39 is 0 Å². The molecule has 0 bridgehead atoms. The lowest BCUT2D eigenvalue weighted by Crippen LogP contribution is -2.37. The van der Waals surface area contributed by atoms with Gasteiger partial charge in [0.1, 0.15) is 0 Å². The molecule has 6 heteroatoms. The fourth-order valence-corrected chi connectivity index (χ4v) is 3.70. The summed E-state index contributed by atoms with van der Waals surface area (Å²) in [6, 6.07) is 15.4. The number of fused-ring (bicyclic) bond motifs is 1. The molecule has 0 unspecified atom stereocenters. The van der Waals surface area contributed by atoms with Gasteiger partial charge in [-0.25, -0.2) is 0 Å². The predicted molar refractivity (Wildman–Crippen MR) is 109 cm³/mol. The molecule has 0 spiro atoms. The van der Waals surface area contributed by atoms with E-state index in [1.807, 2.05) is 48.5 Å². The van der Waals surface area contributed by atoms with Crippen LogP contribution in [0.1, 0.15) is 5.56 Å². The first-order chi connectivity index (χ1) is 13.2. The second-order valence-electron chi connectivity index (χ2n) is 6.45. The Morgan fingerprint density at radius 3 is 2.74 bits per heavy atom. The third-order valence-electron chi connectivity index (χ3n) is 4.66. The first-order valence-corrected chi connectivity index (χ1v) is 9.34. The minimum atomic E-state index is -0.0927.